The monoisotopic (exact) mass is 368 g/mol. The van der Waals surface area contributed by atoms with Crippen LogP contribution in [0.5, 0.6) is 0 Å². The molecule has 3 N–H and O–H groups in total. The fourth-order valence-corrected chi connectivity index (χ4v) is 3.38. The van der Waals surface area contributed by atoms with E-state index in [4.69, 9.17) is 0 Å². The second kappa shape index (κ2) is 9.20. The van der Waals surface area contributed by atoms with Gasteiger partial charge in [0, 0.05) is 36.3 Å². The van der Waals surface area contributed by atoms with Crippen LogP contribution in [0.15, 0.2) is 48.5 Å². The Balaban J connectivity index is 1.40. The molecule has 2 aromatic carbocycles. The minimum Gasteiger partial charge on any atom is -0.385 e. The van der Waals surface area contributed by atoms with Crippen molar-refractivity contribution in [3.63, 3.8) is 0 Å². The van der Waals surface area contributed by atoms with Crippen LogP contribution in [-0.2, 0) is 0 Å². The Hall–Kier alpha value is -2.60. The molecule has 5 nitrogen and oxygen atoms in total. The first-order valence-electron chi connectivity index (χ1n) is 8.98. The number of anilines is 2. The molecule has 6 heteroatoms. The van der Waals surface area contributed by atoms with Crippen molar-refractivity contribution in [3.05, 3.63) is 54.1 Å². The summed E-state index contributed by atoms with van der Waals surface area (Å²) in [5, 5.41) is 10.8. The number of benzene rings is 2. The lowest BCUT2D eigenvalue weighted by Gasteiger charge is -2.08. The molecule has 136 valence electrons. The first-order valence-corrected chi connectivity index (χ1v) is 9.75. The largest absolute Gasteiger partial charge is 0.385 e. The summed E-state index contributed by atoms with van der Waals surface area (Å²) in [4.78, 5) is 12.2. The predicted molar refractivity (Wildman–Crippen MR) is 110 cm³/mol. The molecule has 0 saturated carbocycles. The maximum atomic E-state index is 12.2. The molecular formula is C20H24N4OS. The Bertz CT molecular complexity index is 844. The van der Waals surface area contributed by atoms with E-state index >= 15 is 0 Å². The topological polar surface area (TPSA) is 66.1 Å². The molecule has 0 bridgehead atoms. The highest BCUT2D eigenvalue weighted by atomic mass is 32.1. The van der Waals surface area contributed by atoms with E-state index in [2.05, 4.69) is 39.4 Å². The van der Waals surface area contributed by atoms with Gasteiger partial charge in [0.2, 0.25) is 0 Å². The Morgan fingerprint density at radius 3 is 2.62 bits per heavy atom. The van der Waals surface area contributed by atoms with Crippen LogP contribution in [0.1, 0.15) is 30.1 Å². The maximum Gasteiger partial charge on any atom is 0.251 e. The van der Waals surface area contributed by atoms with E-state index in [1.54, 1.807) is 0 Å². The number of amides is 1. The molecule has 0 aliphatic heterocycles. The molecule has 0 aliphatic rings. The Labute approximate surface area is 158 Å². The van der Waals surface area contributed by atoms with E-state index in [1.165, 1.54) is 16.2 Å². The summed E-state index contributed by atoms with van der Waals surface area (Å²) in [7, 11) is 0. The molecule has 1 aromatic heterocycles. The van der Waals surface area contributed by atoms with Gasteiger partial charge < -0.3 is 16.0 Å². The molecule has 0 aliphatic carbocycles. The second-order valence-corrected chi connectivity index (χ2v) is 6.87. The van der Waals surface area contributed by atoms with Gasteiger partial charge in [0.1, 0.15) is 5.82 Å². The number of hydrogen-bond donors (Lipinski definition) is 3. The SMILES string of the molecule is CCCNc1ccc(C(=O)NCCCNc2nsc3ccccc23)cc1. The number of rotatable bonds is 9. The third-order valence-electron chi connectivity index (χ3n) is 4.04. The van der Waals surface area contributed by atoms with E-state index in [9.17, 15) is 4.79 Å². The molecule has 0 saturated heterocycles. The number of carbonyl (C=O) groups excluding carboxylic acids is 1. The Morgan fingerprint density at radius 2 is 1.81 bits per heavy atom. The van der Waals surface area contributed by atoms with Gasteiger partial charge in [-0.3, -0.25) is 4.79 Å². The zero-order chi connectivity index (χ0) is 18.2. The average Bonchev–Trinajstić information content (AvgIpc) is 3.09. The number of hydrogen-bond acceptors (Lipinski definition) is 5. The van der Waals surface area contributed by atoms with Gasteiger partial charge in [0.05, 0.1) is 4.70 Å². The third-order valence-corrected chi connectivity index (χ3v) is 4.86. The third kappa shape index (κ3) is 4.73. The van der Waals surface area contributed by atoms with E-state index in [0.29, 0.717) is 12.1 Å². The highest BCUT2D eigenvalue weighted by Gasteiger charge is 2.06. The molecule has 0 radical (unpaired) electrons. The summed E-state index contributed by atoms with van der Waals surface area (Å²) in [5.41, 5.74) is 1.73. The lowest BCUT2D eigenvalue weighted by molar-refractivity contribution is 0.0953. The van der Waals surface area contributed by atoms with Gasteiger partial charge in [-0.05, 0) is 60.8 Å². The van der Waals surface area contributed by atoms with Gasteiger partial charge in [0.25, 0.3) is 5.91 Å². The standard InChI is InChI=1S/C20H24N4OS/c1-2-12-21-16-10-8-15(9-11-16)20(25)23-14-5-13-22-19-17-6-3-4-7-18(17)26-24-19/h3-4,6-11,21H,2,5,12-14H2,1H3,(H,22,24)(H,23,25). The number of aromatic nitrogens is 1. The number of nitrogens with one attached hydrogen (secondary N) is 3. The Morgan fingerprint density at radius 1 is 1.00 bits per heavy atom. The highest BCUT2D eigenvalue weighted by Crippen LogP contribution is 2.25. The number of fused-ring (bicyclic) bond motifs is 1. The quantitative estimate of drug-likeness (QED) is 0.491. The summed E-state index contributed by atoms with van der Waals surface area (Å²) in [6.45, 7) is 4.46. The molecule has 0 atom stereocenters. The van der Waals surface area contributed by atoms with E-state index in [1.807, 2.05) is 36.4 Å². The zero-order valence-corrected chi connectivity index (χ0v) is 15.7. The zero-order valence-electron chi connectivity index (χ0n) is 14.9. The summed E-state index contributed by atoms with van der Waals surface area (Å²) < 4.78 is 5.62. The van der Waals surface area contributed by atoms with Crippen LogP contribution in [0.4, 0.5) is 11.5 Å². The maximum absolute atomic E-state index is 12.2. The first kappa shape index (κ1) is 18.2. The van der Waals surface area contributed by atoms with Crippen molar-refractivity contribution in [1.82, 2.24) is 9.69 Å². The van der Waals surface area contributed by atoms with Crippen LogP contribution in [0.25, 0.3) is 10.1 Å². The van der Waals surface area contributed by atoms with Crippen molar-refractivity contribution in [3.8, 4) is 0 Å². The normalized spacial score (nSPS) is 10.7. The molecule has 0 unspecified atom stereocenters. The molecule has 0 fully saturated rings. The van der Waals surface area contributed by atoms with Crippen LogP contribution < -0.4 is 16.0 Å². The molecule has 26 heavy (non-hydrogen) atoms. The van der Waals surface area contributed by atoms with Crippen LogP contribution >= 0.6 is 11.5 Å². The van der Waals surface area contributed by atoms with Gasteiger partial charge in [-0.15, -0.1) is 0 Å². The van der Waals surface area contributed by atoms with Gasteiger partial charge in [0.15, 0.2) is 0 Å². The van der Waals surface area contributed by atoms with Crippen LogP contribution in [0, 0.1) is 0 Å². The van der Waals surface area contributed by atoms with Gasteiger partial charge >= 0.3 is 0 Å². The minimum absolute atomic E-state index is 0.0360. The lowest BCUT2D eigenvalue weighted by atomic mass is 10.2. The van der Waals surface area contributed by atoms with Gasteiger partial charge in [-0.25, -0.2) is 0 Å². The van der Waals surface area contributed by atoms with Gasteiger partial charge in [-0.1, -0.05) is 19.1 Å². The lowest BCUT2D eigenvalue weighted by Crippen LogP contribution is -2.25. The Kier molecular flexibility index (Phi) is 6.44. The van der Waals surface area contributed by atoms with E-state index < -0.39 is 0 Å². The fourth-order valence-electron chi connectivity index (χ4n) is 2.62. The average molecular weight is 369 g/mol. The van der Waals surface area contributed by atoms with Crippen molar-refractivity contribution in [2.45, 2.75) is 19.8 Å². The number of carbonyl (C=O) groups is 1. The van der Waals surface area contributed by atoms with Crippen molar-refractivity contribution in [2.24, 2.45) is 0 Å². The van der Waals surface area contributed by atoms with Crippen LogP contribution in [0.2, 0.25) is 0 Å². The van der Waals surface area contributed by atoms with Crippen LogP contribution in [0.3, 0.4) is 0 Å². The van der Waals surface area contributed by atoms with Crippen molar-refractivity contribution < 1.29 is 4.79 Å². The van der Waals surface area contributed by atoms with Crippen molar-refractivity contribution in [2.75, 3.05) is 30.3 Å². The highest BCUT2D eigenvalue weighted by molar-refractivity contribution is 7.13. The summed E-state index contributed by atoms with van der Waals surface area (Å²) >= 11 is 1.50. The van der Waals surface area contributed by atoms with Crippen LogP contribution in [-0.4, -0.2) is 29.9 Å². The molecular weight excluding hydrogens is 344 g/mol. The van der Waals surface area contributed by atoms with Gasteiger partial charge in [-0.2, -0.15) is 4.37 Å². The predicted octanol–water partition coefficient (Wildman–Crippen LogP) is 4.35. The fraction of sp³-hybridized carbons (Fsp3) is 0.300. The molecule has 3 rings (SSSR count). The summed E-state index contributed by atoms with van der Waals surface area (Å²) in [6, 6.07) is 15.8. The van der Waals surface area contributed by atoms with Crippen molar-refractivity contribution >= 4 is 39.0 Å². The minimum atomic E-state index is -0.0360. The van der Waals surface area contributed by atoms with E-state index in [0.717, 1.165) is 42.8 Å². The second-order valence-electron chi connectivity index (χ2n) is 6.07. The summed E-state index contributed by atoms with van der Waals surface area (Å²) in [6.07, 6.45) is 1.92. The molecule has 1 amide bonds. The molecule has 3 aromatic rings. The summed E-state index contributed by atoms with van der Waals surface area (Å²) in [5.74, 6) is 0.887. The van der Waals surface area contributed by atoms with Crippen molar-refractivity contribution in [1.29, 1.82) is 0 Å². The first-order chi connectivity index (χ1) is 12.8. The number of nitrogens with zero attached hydrogens (tertiary/aromatic N) is 1. The smallest absolute Gasteiger partial charge is 0.251 e. The molecule has 1 heterocycles. The van der Waals surface area contributed by atoms with E-state index in [-0.39, 0.29) is 5.91 Å². The molecule has 0 spiro atoms.